The minimum absolute atomic E-state index is 0.775. The zero-order chi connectivity index (χ0) is 15.3. The molecule has 0 aromatic rings. The molecule has 1 aliphatic rings. The monoisotopic (exact) mass is 263 g/mol. The highest BCUT2D eigenvalue weighted by molar-refractivity contribution is 5.43. The molecule has 0 aromatic carbocycles. The Kier molecular flexibility index (Phi) is 14.0. The van der Waals surface area contributed by atoms with E-state index in [0.29, 0.717) is 0 Å². The third-order valence-electron chi connectivity index (χ3n) is 2.79. The van der Waals surface area contributed by atoms with Crippen LogP contribution in [0.3, 0.4) is 0 Å². The van der Waals surface area contributed by atoms with E-state index in [1.54, 1.807) is 6.08 Å². The second kappa shape index (κ2) is 13.2. The maximum Gasteiger partial charge on any atom is 0.0125 e. The SMILES string of the molecule is C=C/C=C\C(C1=CCCC(C)C1)=C(/C)N.CC.CC. The Balaban J connectivity index is 0. The van der Waals surface area contributed by atoms with Gasteiger partial charge in [-0.15, -0.1) is 0 Å². The van der Waals surface area contributed by atoms with Crippen molar-refractivity contribution >= 4 is 0 Å². The fourth-order valence-electron chi connectivity index (χ4n) is 1.98. The summed E-state index contributed by atoms with van der Waals surface area (Å²) in [6, 6.07) is 0. The van der Waals surface area contributed by atoms with Crippen LogP contribution in [0.15, 0.2) is 47.7 Å². The summed E-state index contributed by atoms with van der Waals surface area (Å²) in [4.78, 5) is 0. The van der Waals surface area contributed by atoms with E-state index in [2.05, 4.69) is 25.7 Å². The molecular formula is C18H33N. The van der Waals surface area contributed by atoms with Crippen molar-refractivity contribution in [1.82, 2.24) is 0 Å². The molecule has 0 fully saturated rings. The van der Waals surface area contributed by atoms with Gasteiger partial charge < -0.3 is 5.73 Å². The van der Waals surface area contributed by atoms with Gasteiger partial charge >= 0.3 is 0 Å². The van der Waals surface area contributed by atoms with Crippen LogP contribution < -0.4 is 5.73 Å². The molecule has 1 aliphatic carbocycles. The molecule has 1 atom stereocenters. The van der Waals surface area contributed by atoms with Crippen LogP contribution >= 0.6 is 0 Å². The first kappa shape index (κ1) is 20.1. The quantitative estimate of drug-likeness (QED) is 0.644. The van der Waals surface area contributed by atoms with Crippen molar-refractivity contribution in [1.29, 1.82) is 0 Å². The molecule has 0 heterocycles. The zero-order valence-electron chi connectivity index (χ0n) is 13.8. The average molecular weight is 263 g/mol. The smallest absolute Gasteiger partial charge is 0.0125 e. The fraction of sp³-hybridized carbons (Fsp3) is 0.556. The number of hydrogen-bond donors (Lipinski definition) is 1. The predicted octanol–water partition coefficient (Wildman–Crippen LogP) is 5.76. The molecule has 0 bridgehead atoms. The van der Waals surface area contributed by atoms with Gasteiger partial charge in [-0.05, 0) is 43.3 Å². The first-order chi connectivity index (χ1) is 9.15. The van der Waals surface area contributed by atoms with Crippen molar-refractivity contribution in [2.45, 2.75) is 60.8 Å². The summed E-state index contributed by atoms with van der Waals surface area (Å²) >= 11 is 0. The number of allylic oxidation sites excluding steroid dienone is 7. The lowest BCUT2D eigenvalue weighted by molar-refractivity contribution is 0.513. The lowest BCUT2D eigenvalue weighted by atomic mass is 9.86. The van der Waals surface area contributed by atoms with Gasteiger partial charge in [0.15, 0.2) is 0 Å². The Bertz CT molecular complexity index is 315. The maximum absolute atomic E-state index is 5.91. The summed E-state index contributed by atoms with van der Waals surface area (Å²) in [6.07, 6.45) is 11.7. The van der Waals surface area contributed by atoms with Gasteiger partial charge in [0, 0.05) is 5.70 Å². The van der Waals surface area contributed by atoms with E-state index < -0.39 is 0 Å². The molecular weight excluding hydrogens is 230 g/mol. The van der Waals surface area contributed by atoms with Crippen molar-refractivity contribution in [3.05, 3.63) is 47.7 Å². The molecule has 1 unspecified atom stereocenters. The largest absolute Gasteiger partial charge is 0.402 e. The first-order valence-corrected chi connectivity index (χ1v) is 7.60. The Morgan fingerprint density at radius 3 is 2.32 bits per heavy atom. The lowest BCUT2D eigenvalue weighted by Crippen LogP contribution is -2.07. The highest BCUT2D eigenvalue weighted by Gasteiger charge is 2.13. The molecule has 0 aromatic heterocycles. The van der Waals surface area contributed by atoms with Crippen molar-refractivity contribution < 1.29 is 0 Å². The van der Waals surface area contributed by atoms with E-state index in [-0.39, 0.29) is 0 Å². The van der Waals surface area contributed by atoms with Crippen LogP contribution in [-0.4, -0.2) is 0 Å². The molecule has 0 saturated heterocycles. The molecule has 0 radical (unpaired) electrons. The summed E-state index contributed by atoms with van der Waals surface area (Å²) < 4.78 is 0. The van der Waals surface area contributed by atoms with Crippen LogP contribution in [-0.2, 0) is 0 Å². The molecule has 2 N–H and O–H groups in total. The molecule has 0 spiro atoms. The number of rotatable bonds is 3. The molecule has 0 aliphatic heterocycles. The van der Waals surface area contributed by atoms with Gasteiger partial charge in [0.2, 0.25) is 0 Å². The molecule has 110 valence electrons. The highest BCUT2D eigenvalue weighted by Crippen LogP contribution is 2.29. The molecule has 19 heavy (non-hydrogen) atoms. The van der Waals surface area contributed by atoms with Gasteiger partial charge in [-0.1, -0.05) is 65.5 Å². The minimum atomic E-state index is 0.775. The van der Waals surface area contributed by atoms with E-state index >= 15 is 0 Å². The third-order valence-corrected chi connectivity index (χ3v) is 2.79. The van der Waals surface area contributed by atoms with Gasteiger partial charge in [-0.3, -0.25) is 0 Å². The number of nitrogens with two attached hydrogens (primary N) is 1. The van der Waals surface area contributed by atoms with Crippen molar-refractivity contribution in [2.75, 3.05) is 0 Å². The van der Waals surface area contributed by atoms with Gasteiger partial charge in [0.1, 0.15) is 0 Å². The van der Waals surface area contributed by atoms with Crippen molar-refractivity contribution in [2.24, 2.45) is 11.7 Å². The summed E-state index contributed by atoms with van der Waals surface area (Å²) in [6.45, 7) is 15.9. The van der Waals surface area contributed by atoms with E-state index in [1.807, 2.05) is 40.7 Å². The average Bonchev–Trinajstić information content (AvgIpc) is 2.43. The molecule has 1 heteroatoms. The lowest BCUT2D eigenvalue weighted by Gasteiger charge is -2.20. The summed E-state index contributed by atoms with van der Waals surface area (Å²) in [5.74, 6) is 0.775. The fourth-order valence-corrected chi connectivity index (χ4v) is 1.98. The van der Waals surface area contributed by atoms with Crippen LogP contribution in [0.1, 0.15) is 60.8 Å². The van der Waals surface area contributed by atoms with Crippen LogP contribution in [0.2, 0.25) is 0 Å². The normalized spacial score (nSPS) is 19.3. The Morgan fingerprint density at radius 1 is 1.32 bits per heavy atom. The summed E-state index contributed by atoms with van der Waals surface area (Å²) in [5.41, 5.74) is 9.38. The van der Waals surface area contributed by atoms with E-state index in [1.165, 1.54) is 24.0 Å². The third kappa shape index (κ3) is 8.47. The van der Waals surface area contributed by atoms with Crippen LogP contribution in [0, 0.1) is 5.92 Å². The molecule has 0 amide bonds. The highest BCUT2D eigenvalue weighted by atomic mass is 14.6. The topological polar surface area (TPSA) is 26.0 Å². The Hall–Kier alpha value is -1.24. The second-order valence-corrected chi connectivity index (χ2v) is 4.31. The van der Waals surface area contributed by atoms with Gasteiger partial charge in [0.05, 0.1) is 0 Å². The zero-order valence-corrected chi connectivity index (χ0v) is 13.8. The summed E-state index contributed by atoms with van der Waals surface area (Å²) in [7, 11) is 0. The summed E-state index contributed by atoms with van der Waals surface area (Å²) in [5, 5.41) is 0. The Labute approximate surface area is 121 Å². The number of hydrogen-bond acceptors (Lipinski definition) is 1. The van der Waals surface area contributed by atoms with Gasteiger partial charge in [-0.25, -0.2) is 0 Å². The maximum atomic E-state index is 5.91. The van der Waals surface area contributed by atoms with E-state index in [4.69, 9.17) is 5.73 Å². The predicted molar refractivity (Wildman–Crippen MR) is 90.0 cm³/mol. The van der Waals surface area contributed by atoms with Crippen LogP contribution in [0.4, 0.5) is 0 Å². The van der Waals surface area contributed by atoms with Crippen LogP contribution in [0.5, 0.6) is 0 Å². The first-order valence-electron chi connectivity index (χ1n) is 7.60. The van der Waals surface area contributed by atoms with Crippen molar-refractivity contribution in [3.8, 4) is 0 Å². The molecule has 1 nitrogen and oxygen atoms in total. The molecule has 1 rings (SSSR count). The second-order valence-electron chi connectivity index (χ2n) is 4.31. The van der Waals surface area contributed by atoms with E-state index in [0.717, 1.165) is 18.0 Å². The Morgan fingerprint density at radius 2 is 1.89 bits per heavy atom. The van der Waals surface area contributed by atoms with Crippen LogP contribution in [0.25, 0.3) is 0 Å². The van der Waals surface area contributed by atoms with Gasteiger partial charge in [0.25, 0.3) is 0 Å². The van der Waals surface area contributed by atoms with Crippen molar-refractivity contribution in [3.63, 3.8) is 0 Å². The van der Waals surface area contributed by atoms with E-state index in [9.17, 15) is 0 Å². The van der Waals surface area contributed by atoms with Gasteiger partial charge in [-0.2, -0.15) is 0 Å². The molecule has 0 saturated carbocycles. The standard InChI is InChI=1S/C14H21N.2C2H6/c1-4-5-9-14(12(3)15)13-8-6-7-11(2)10-13;2*1-2/h4-5,8-9,11H,1,6-7,10,15H2,2-3H3;2*1-2H3/b9-5-,14-12-;;. The minimum Gasteiger partial charge on any atom is -0.402 e.